The van der Waals surface area contributed by atoms with Crippen molar-refractivity contribution >= 4 is 23.0 Å². The number of hydrogen-bond donors (Lipinski definition) is 2. The minimum atomic E-state index is 0.653. The molecule has 20 heavy (non-hydrogen) atoms. The molecule has 2 aromatic rings. The van der Waals surface area contributed by atoms with E-state index in [1.165, 1.54) is 11.1 Å². The van der Waals surface area contributed by atoms with Crippen molar-refractivity contribution < 1.29 is 0 Å². The predicted molar refractivity (Wildman–Crippen MR) is 88.0 cm³/mol. The van der Waals surface area contributed by atoms with E-state index >= 15 is 0 Å². The molecule has 2 N–H and O–H groups in total. The Bertz CT molecular complexity index is 537. The fourth-order valence-corrected chi connectivity index (χ4v) is 2.08. The topological polar surface area (TPSA) is 37.0 Å². The smallest absolute Gasteiger partial charge is 0.170 e. The summed E-state index contributed by atoms with van der Waals surface area (Å²) >= 11 is 5.24. The average Bonchev–Trinajstić information content (AvgIpc) is 2.46. The number of aryl methyl sites for hydroxylation is 2. The summed E-state index contributed by atoms with van der Waals surface area (Å²) in [4.78, 5) is 3.96. The van der Waals surface area contributed by atoms with Crippen molar-refractivity contribution in [3.05, 3.63) is 59.9 Å². The molecule has 0 saturated heterocycles. The summed E-state index contributed by atoms with van der Waals surface area (Å²) < 4.78 is 0. The average molecular weight is 285 g/mol. The van der Waals surface area contributed by atoms with Gasteiger partial charge < -0.3 is 10.6 Å². The van der Waals surface area contributed by atoms with E-state index in [2.05, 4.69) is 46.8 Å². The molecule has 1 aromatic carbocycles. The van der Waals surface area contributed by atoms with Crippen LogP contribution in [-0.4, -0.2) is 16.6 Å². The fraction of sp³-hybridized carbons (Fsp3) is 0.250. The second-order valence-electron chi connectivity index (χ2n) is 4.71. The molecule has 3 nitrogen and oxygen atoms in total. The molecule has 104 valence electrons. The second-order valence-corrected chi connectivity index (χ2v) is 5.11. The number of benzene rings is 1. The van der Waals surface area contributed by atoms with Gasteiger partial charge in [-0.1, -0.05) is 29.8 Å². The molecule has 1 heterocycles. The molecule has 0 fully saturated rings. The van der Waals surface area contributed by atoms with Gasteiger partial charge in [-0.05, 0) is 49.7 Å². The maximum absolute atomic E-state index is 5.24. The Kier molecular flexibility index (Phi) is 5.50. The first-order valence-corrected chi connectivity index (χ1v) is 7.15. The lowest BCUT2D eigenvalue weighted by atomic mass is 10.1. The summed E-state index contributed by atoms with van der Waals surface area (Å²) in [7, 11) is 0. The van der Waals surface area contributed by atoms with E-state index in [0.717, 1.165) is 25.1 Å². The van der Waals surface area contributed by atoms with Crippen LogP contribution in [0, 0.1) is 6.92 Å². The van der Waals surface area contributed by atoms with Gasteiger partial charge in [0.25, 0.3) is 0 Å². The normalized spacial score (nSPS) is 10.1. The summed E-state index contributed by atoms with van der Waals surface area (Å²) in [5, 5.41) is 6.99. The highest BCUT2D eigenvalue weighted by Gasteiger charge is 1.97. The third kappa shape index (κ3) is 4.97. The zero-order valence-corrected chi connectivity index (χ0v) is 12.4. The zero-order valence-electron chi connectivity index (χ0n) is 11.6. The maximum atomic E-state index is 5.24. The second kappa shape index (κ2) is 7.60. The van der Waals surface area contributed by atoms with Crippen LogP contribution >= 0.6 is 12.2 Å². The molecule has 0 amide bonds. The van der Waals surface area contributed by atoms with Gasteiger partial charge in [0, 0.05) is 24.6 Å². The number of anilines is 1. The van der Waals surface area contributed by atoms with Crippen LogP contribution in [0.2, 0.25) is 0 Å². The lowest BCUT2D eigenvalue weighted by molar-refractivity contribution is 0.777. The Balaban J connectivity index is 1.66. The Morgan fingerprint density at radius 3 is 2.50 bits per heavy atom. The van der Waals surface area contributed by atoms with E-state index in [1.807, 2.05) is 12.1 Å². The van der Waals surface area contributed by atoms with Crippen molar-refractivity contribution in [3.8, 4) is 0 Å². The molecule has 0 aliphatic heterocycles. The van der Waals surface area contributed by atoms with Crippen molar-refractivity contribution in [2.45, 2.75) is 19.8 Å². The van der Waals surface area contributed by atoms with Crippen LogP contribution in [0.4, 0.5) is 5.69 Å². The lowest BCUT2D eigenvalue weighted by Gasteiger charge is -2.10. The highest BCUT2D eigenvalue weighted by molar-refractivity contribution is 7.80. The number of pyridine rings is 1. The van der Waals surface area contributed by atoms with E-state index < -0.39 is 0 Å². The Morgan fingerprint density at radius 2 is 1.80 bits per heavy atom. The fourth-order valence-electron chi connectivity index (χ4n) is 1.86. The number of thiocarbonyl (C=S) groups is 1. The standard InChI is InChI=1S/C16H19N3S/c1-13-4-6-14(7-5-13)3-2-10-18-16(20)19-15-8-11-17-12-9-15/h4-9,11-12H,2-3,10H2,1H3,(H2,17,18,19,20). The molecule has 1 aromatic heterocycles. The van der Waals surface area contributed by atoms with Gasteiger partial charge in [-0.15, -0.1) is 0 Å². The van der Waals surface area contributed by atoms with Gasteiger partial charge in [0.2, 0.25) is 0 Å². The van der Waals surface area contributed by atoms with Gasteiger partial charge in [0.1, 0.15) is 0 Å². The van der Waals surface area contributed by atoms with Crippen molar-refractivity contribution in [3.63, 3.8) is 0 Å². The van der Waals surface area contributed by atoms with E-state index in [0.29, 0.717) is 5.11 Å². The van der Waals surface area contributed by atoms with Crippen molar-refractivity contribution in [2.24, 2.45) is 0 Å². The highest BCUT2D eigenvalue weighted by atomic mass is 32.1. The molecule has 0 spiro atoms. The SMILES string of the molecule is Cc1ccc(CCCNC(=S)Nc2ccncc2)cc1. The monoisotopic (exact) mass is 285 g/mol. The van der Waals surface area contributed by atoms with E-state index in [9.17, 15) is 0 Å². The largest absolute Gasteiger partial charge is 0.362 e. The molecule has 0 unspecified atom stereocenters. The number of nitrogens with zero attached hydrogens (tertiary/aromatic N) is 1. The first-order valence-electron chi connectivity index (χ1n) is 6.74. The number of hydrogen-bond acceptors (Lipinski definition) is 2. The summed E-state index contributed by atoms with van der Waals surface area (Å²) in [5.74, 6) is 0. The first-order chi connectivity index (χ1) is 9.74. The van der Waals surface area contributed by atoms with Crippen LogP contribution in [-0.2, 0) is 6.42 Å². The summed E-state index contributed by atoms with van der Waals surface area (Å²) in [5.41, 5.74) is 3.62. The van der Waals surface area contributed by atoms with Gasteiger partial charge in [0.15, 0.2) is 5.11 Å². The molecule has 0 radical (unpaired) electrons. The van der Waals surface area contributed by atoms with Crippen LogP contribution in [0.1, 0.15) is 17.5 Å². The first kappa shape index (κ1) is 14.5. The Labute approximate surface area is 125 Å². The molecule has 0 bridgehead atoms. The van der Waals surface area contributed by atoms with E-state index in [-0.39, 0.29) is 0 Å². The minimum Gasteiger partial charge on any atom is -0.362 e. The predicted octanol–water partition coefficient (Wildman–Crippen LogP) is 3.31. The van der Waals surface area contributed by atoms with Crippen molar-refractivity contribution in [1.82, 2.24) is 10.3 Å². The number of nitrogens with one attached hydrogen (secondary N) is 2. The van der Waals surface area contributed by atoms with E-state index in [4.69, 9.17) is 12.2 Å². The van der Waals surface area contributed by atoms with Gasteiger partial charge >= 0.3 is 0 Å². The number of rotatable bonds is 5. The maximum Gasteiger partial charge on any atom is 0.170 e. The van der Waals surface area contributed by atoms with Crippen LogP contribution in [0.3, 0.4) is 0 Å². The molecule has 0 saturated carbocycles. The summed E-state index contributed by atoms with van der Waals surface area (Å²) in [6.45, 7) is 2.97. The molecular weight excluding hydrogens is 266 g/mol. The molecule has 0 aliphatic rings. The summed E-state index contributed by atoms with van der Waals surface area (Å²) in [6, 6.07) is 12.4. The highest BCUT2D eigenvalue weighted by Crippen LogP contribution is 2.05. The molecular formula is C16H19N3S. The van der Waals surface area contributed by atoms with Crippen LogP contribution in [0.25, 0.3) is 0 Å². The molecule has 4 heteroatoms. The van der Waals surface area contributed by atoms with Crippen molar-refractivity contribution in [1.29, 1.82) is 0 Å². The zero-order chi connectivity index (χ0) is 14.2. The quantitative estimate of drug-likeness (QED) is 0.653. The van der Waals surface area contributed by atoms with Gasteiger partial charge in [0.05, 0.1) is 0 Å². The summed E-state index contributed by atoms with van der Waals surface area (Å²) in [6.07, 6.45) is 5.59. The van der Waals surface area contributed by atoms with E-state index in [1.54, 1.807) is 12.4 Å². The van der Waals surface area contributed by atoms with Crippen molar-refractivity contribution in [2.75, 3.05) is 11.9 Å². The van der Waals surface area contributed by atoms with Crippen LogP contribution in [0.5, 0.6) is 0 Å². The Morgan fingerprint density at radius 1 is 1.10 bits per heavy atom. The third-order valence-electron chi connectivity index (χ3n) is 2.99. The third-order valence-corrected chi connectivity index (χ3v) is 3.23. The Hall–Kier alpha value is -1.94. The molecule has 0 atom stereocenters. The molecule has 2 rings (SSSR count). The van der Waals surface area contributed by atoms with Crippen LogP contribution in [0.15, 0.2) is 48.8 Å². The molecule has 0 aliphatic carbocycles. The number of aromatic nitrogens is 1. The lowest BCUT2D eigenvalue weighted by Crippen LogP contribution is -2.29. The van der Waals surface area contributed by atoms with Crippen LogP contribution < -0.4 is 10.6 Å². The minimum absolute atomic E-state index is 0.653. The van der Waals surface area contributed by atoms with Gasteiger partial charge in [-0.2, -0.15) is 0 Å². The van der Waals surface area contributed by atoms with Gasteiger partial charge in [-0.3, -0.25) is 4.98 Å². The van der Waals surface area contributed by atoms with Gasteiger partial charge in [-0.25, -0.2) is 0 Å².